The molecule has 0 N–H and O–H groups in total. The Morgan fingerprint density at radius 2 is 1.81 bits per heavy atom. The van der Waals surface area contributed by atoms with Crippen LogP contribution >= 0.6 is 0 Å². The molecule has 0 fully saturated rings. The van der Waals surface area contributed by atoms with E-state index in [0.717, 1.165) is 5.75 Å². The van der Waals surface area contributed by atoms with E-state index in [1.54, 1.807) is 7.11 Å². The zero-order chi connectivity index (χ0) is 12.2. The minimum atomic E-state index is 0.105. The normalized spacial score (nSPS) is 11.6. The van der Waals surface area contributed by atoms with Crippen LogP contribution in [0.15, 0.2) is 18.2 Å². The zero-order valence-corrected chi connectivity index (χ0v) is 11.0. The van der Waals surface area contributed by atoms with E-state index >= 15 is 0 Å². The lowest BCUT2D eigenvalue weighted by Crippen LogP contribution is -2.16. The summed E-state index contributed by atoms with van der Waals surface area (Å²) < 4.78 is 10.8. The van der Waals surface area contributed by atoms with Crippen LogP contribution in [-0.4, -0.2) is 20.3 Å². The molecule has 1 aromatic carbocycles. The summed E-state index contributed by atoms with van der Waals surface area (Å²) >= 11 is 0. The average Bonchev–Trinajstić information content (AvgIpc) is 2.16. The molecule has 0 aliphatic rings. The molecule has 0 saturated carbocycles. The largest absolute Gasteiger partial charge is 0.491 e. The van der Waals surface area contributed by atoms with Gasteiger partial charge in [-0.25, -0.2) is 0 Å². The summed E-state index contributed by atoms with van der Waals surface area (Å²) in [5, 5.41) is 0. The van der Waals surface area contributed by atoms with E-state index < -0.39 is 0 Å². The van der Waals surface area contributed by atoms with Gasteiger partial charge in [-0.3, -0.25) is 0 Å². The highest BCUT2D eigenvalue weighted by Crippen LogP contribution is 2.33. The van der Waals surface area contributed by atoms with E-state index in [-0.39, 0.29) is 5.41 Å². The minimum Gasteiger partial charge on any atom is -0.491 e. The number of hydrogen-bond acceptors (Lipinski definition) is 2. The Morgan fingerprint density at radius 3 is 2.38 bits per heavy atom. The van der Waals surface area contributed by atoms with E-state index in [1.165, 1.54) is 11.1 Å². The van der Waals surface area contributed by atoms with Crippen LogP contribution in [0.2, 0.25) is 0 Å². The van der Waals surface area contributed by atoms with Crippen LogP contribution < -0.4 is 4.74 Å². The first kappa shape index (κ1) is 13.0. The van der Waals surface area contributed by atoms with E-state index in [4.69, 9.17) is 9.47 Å². The Labute approximate surface area is 98.6 Å². The highest BCUT2D eigenvalue weighted by Gasteiger charge is 2.20. The summed E-state index contributed by atoms with van der Waals surface area (Å²) in [6.07, 6.45) is 0. The highest BCUT2D eigenvalue weighted by atomic mass is 16.5. The molecule has 2 heteroatoms. The van der Waals surface area contributed by atoms with Crippen molar-refractivity contribution in [2.75, 3.05) is 20.3 Å². The van der Waals surface area contributed by atoms with Crippen molar-refractivity contribution < 1.29 is 9.47 Å². The van der Waals surface area contributed by atoms with Gasteiger partial charge in [0.25, 0.3) is 0 Å². The molecule has 0 atom stereocenters. The molecule has 0 amide bonds. The number of hydrogen-bond donors (Lipinski definition) is 0. The lowest BCUT2D eigenvalue weighted by atomic mass is 9.83. The van der Waals surface area contributed by atoms with E-state index in [2.05, 4.69) is 33.8 Å². The van der Waals surface area contributed by atoms with Gasteiger partial charge in [0.2, 0.25) is 0 Å². The predicted molar refractivity (Wildman–Crippen MR) is 67.3 cm³/mol. The molecule has 0 aliphatic carbocycles. The van der Waals surface area contributed by atoms with Crippen LogP contribution in [0.5, 0.6) is 5.75 Å². The Morgan fingerprint density at radius 1 is 1.12 bits per heavy atom. The molecule has 1 rings (SSSR count). The van der Waals surface area contributed by atoms with Crippen molar-refractivity contribution in [1.29, 1.82) is 0 Å². The van der Waals surface area contributed by atoms with Crippen molar-refractivity contribution in [3.05, 3.63) is 29.3 Å². The van der Waals surface area contributed by atoms with Gasteiger partial charge in [-0.05, 0) is 24.0 Å². The first-order valence-electron chi connectivity index (χ1n) is 5.68. The van der Waals surface area contributed by atoms with Crippen molar-refractivity contribution in [2.24, 2.45) is 0 Å². The summed E-state index contributed by atoms with van der Waals surface area (Å²) in [5.41, 5.74) is 2.67. The van der Waals surface area contributed by atoms with Gasteiger partial charge in [0.15, 0.2) is 0 Å². The molecular weight excluding hydrogens is 200 g/mol. The van der Waals surface area contributed by atoms with Crippen molar-refractivity contribution in [3.8, 4) is 5.75 Å². The molecule has 90 valence electrons. The summed E-state index contributed by atoms with van der Waals surface area (Å²) in [6.45, 7) is 9.97. The van der Waals surface area contributed by atoms with Gasteiger partial charge in [0.05, 0.1) is 6.61 Å². The topological polar surface area (TPSA) is 18.5 Å². The molecule has 1 aromatic rings. The maximum Gasteiger partial charge on any atom is 0.123 e. The van der Waals surface area contributed by atoms with Crippen LogP contribution in [0.1, 0.15) is 31.9 Å². The number of benzene rings is 1. The van der Waals surface area contributed by atoms with Crippen molar-refractivity contribution >= 4 is 0 Å². The molecule has 0 radical (unpaired) electrons. The lowest BCUT2D eigenvalue weighted by Gasteiger charge is -2.25. The van der Waals surface area contributed by atoms with Gasteiger partial charge in [-0.15, -0.1) is 0 Å². The quantitative estimate of drug-likeness (QED) is 0.728. The second kappa shape index (κ2) is 5.35. The third-order valence-corrected chi connectivity index (χ3v) is 2.53. The first-order chi connectivity index (χ1) is 7.46. The maximum absolute atomic E-state index is 5.76. The maximum atomic E-state index is 5.76. The summed E-state index contributed by atoms with van der Waals surface area (Å²) in [6, 6.07) is 6.19. The van der Waals surface area contributed by atoms with E-state index in [9.17, 15) is 0 Å². The monoisotopic (exact) mass is 222 g/mol. The average molecular weight is 222 g/mol. The molecule has 0 spiro atoms. The molecule has 16 heavy (non-hydrogen) atoms. The summed E-state index contributed by atoms with van der Waals surface area (Å²) in [4.78, 5) is 0. The van der Waals surface area contributed by atoms with Crippen LogP contribution in [0.3, 0.4) is 0 Å². The van der Waals surface area contributed by atoms with Crippen molar-refractivity contribution in [2.45, 2.75) is 33.1 Å². The fraction of sp³-hybridized carbons (Fsp3) is 0.571. The number of aryl methyl sites for hydroxylation is 1. The van der Waals surface area contributed by atoms with Crippen molar-refractivity contribution in [3.63, 3.8) is 0 Å². The van der Waals surface area contributed by atoms with Gasteiger partial charge in [-0.1, -0.05) is 32.9 Å². The van der Waals surface area contributed by atoms with E-state index in [1.807, 2.05) is 12.1 Å². The van der Waals surface area contributed by atoms with Crippen LogP contribution in [0, 0.1) is 6.92 Å². The SMILES string of the molecule is COCCOc1cccc(C)c1C(C)(C)C. The van der Waals surface area contributed by atoms with Gasteiger partial charge in [0, 0.05) is 12.7 Å². The number of methoxy groups -OCH3 is 1. The van der Waals surface area contributed by atoms with Gasteiger partial charge >= 0.3 is 0 Å². The fourth-order valence-corrected chi connectivity index (χ4v) is 1.96. The molecule has 0 aliphatic heterocycles. The lowest BCUT2D eigenvalue weighted by molar-refractivity contribution is 0.145. The Bertz CT molecular complexity index is 337. The Hall–Kier alpha value is -1.02. The third-order valence-electron chi connectivity index (χ3n) is 2.53. The number of ether oxygens (including phenoxy) is 2. The Kier molecular flexibility index (Phi) is 4.36. The summed E-state index contributed by atoms with van der Waals surface area (Å²) in [5.74, 6) is 0.976. The highest BCUT2D eigenvalue weighted by molar-refractivity contribution is 5.44. The molecule has 0 bridgehead atoms. The van der Waals surface area contributed by atoms with E-state index in [0.29, 0.717) is 13.2 Å². The molecule has 0 heterocycles. The van der Waals surface area contributed by atoms with Crippen LogP contribution in [0.4, 0.5) is 0 Å². The predicted octanol–water partition coefficient (Wildman–Crippen LogP) is 3.32. The van der Waals surface area contributed by atoms with Crippen LogP contribution in [0.25, 0.3) is 0 Å². The second-order valence-electron chi connectivity index (χ2n) is 5.04. The standard InChI is InChI=1S/C14H22O2/c1-11-7-6-8-12(16-10-9-15-5)13(11)14(2,3)4/h6-8H,9-10H2,1-5H3. The fourth-order valence-electron chi connectivity index (χ4n) is 1.96. The molecular formula is C14H22O2. The number of rotatable bonds is 4. The molecule has 0 saturated heterocycles. The summed E-state index contributed by atoms with van der Waals surface area (Å²) in [7, 11) is 1.68. The molecule has 0 unspecified atom stereocenters. The van der Waals surface area contributed by atoms with Crippen LogP contribution in [-0.2, 0) is 10.2 Å². The molecule has 0 aromatic heterocycles. The minimum absolute atomic E-state index is 0.105. The van der Waals surface area contributed by atoms with Gasteiger partial charge in [0.1, 0.15) is 12.4 Å². The Balaban J connectivity index is 2.95. The van der Waals surface area contributed by atoms with Gasteiger partial charge in [-0.2, -0.15) is 0 Å². The molecule has 2 nitrogen and oxygen atoms in total. The zero-order valence-electron chi connectivity index (χ0n) is 11.0. The van der Waals surface area contributed by atoms with Gasteiger partial charge < -0.3 is 9.47 Å². The van der Waals surface area contributed by atoms with Crippen molar-refractivity contribution in [1.82, 2.24) is 0 Å². The third kappa shape index (κ3) is 3.24. The first-order valence-corrected chi connectivity index (χ1v) is 5.68. The smallest absolute Gasteiger partial charge is 0.123 e. The second-order valence-corrected chi connectivity index (χ2v) is 5.04.